The third-order valence-corrected chi connectivity index (χ3v) is 0.927. The molecule has 0 spiro atoms. The molecule has 0 nitrogen and oxygen atoms in total. The Balaban J connectivity index is 3.08. The summed E-state index contributed by atoms with van der Waals surface area (Å²) in [7, 11) is 0. The molecule has 1 atom stereocenters. The molecule has 0 radical (unpaired) electrons. The average Bonchev–Trinajstić information content (AvgIpc) is 1.61. The lowest BCUT2D eigenvalue weighted by molar-refractivity contribution is 1.02. The highest BCUT2D eigenvalue weighted by molar-refractivity contribution is 9.12. The first kappa shape index (κ1) is 7.39. The van der Waals surface area contributed by atoms with Crippen LogP contribution in [0, 0.1) is 10.8 Å². The number of rotatable bonds is 1. The third kappa shape index (κ3) is 6.39. The van der Waals surface area contributed by atoms with Crippen molar-refractivity contribution in [3.63, 3.8) is 0 Å². The van der Waals surface area contributed by atoms with Gasteiger partial charge in [-0.25, -0.2) is 0 Å². The Labute approximate surface area is 58.2 Å². The molecule has 0 aromatic rings. The van der Waals surface area contributed by atoms with E-state index in [4.69, 9.17) is 0 Å². The molecule has 0 aromatic carbocycles. The SMILES string of the molecule is CC(S)CC#CBr. The summed E-state index contributed by atoms with van der Waals surface area (Å²) in [4.78, 5) is 2.61. The van der Waals surface area contributed by atoms with E-state index in [-0.39, 0.29) is 0 Å². The second kappa shape index (κ2) is 4.55. The molecule has 0 saturated carbocycles. The zero-order valence-corrected chi connectivity index (χ0v) is 6.59. The summed E-state index contributed by atoms with van der Waals surface area (Å²) in [6, 6.07) is 0. The van der Waals surface area contributed by atoms with Crippen molar-refractivity contribution in [2.24, 2.45) is 0 Å². The van der Waals surface area contributed by atoms with Crippen molar-refractivity contribution in [3.05, 3.63) is 0 Å². The molecule has 7 heavy (non-hydrogen) atoms. The zero-order chi connectivity index (χ0) is 5.70. The molecule has 0 N–H and O–H groups in total. The quantitative estimate of drug-likeness (QED) is 0.462. The lowest BCUT2D eigenvalue weighted by atomic mass is 10.3. The second-order valence-corrected chi connectivity index (χ2v) is 2.60. The van der Waals surface area contributed by atoms with Crippen LogP contribution in [0.15, 0.2) is 0 Å². The van der Waals surface area contributed by atoms with E-state index < -0.39 is 0 Å². The highest BCUT2D eigenvalue weighted by Gasteiger charge is 1.85. The molecule has 0 aromatic heterocycles. The van der Waals surface area contributed by atoms with E-state index in [1.807, 2.05) is 6.92 Å². The Morgan fingerprint density at radius 1 is 1.86 bits per heavy atom. The molecule has 0 rings (SSSR count). The smallest absolute Gasteiger partial charge is 0.0212 e. The normalized spacial score (nSPS) is 11.9. The molecule has 0 heterocycles. The molecule has 0 fully saturated rings. The predicted molar refractivity (Wildman–Crippen MR) is 39.8 cm³/mol. The van der Waals surface area contributed by atoms with Crippen molar-refractivity contribution in [2.45, 2.75) is 18.6 Å². The molecule has 0 bridgehead atoms. The molecular weight excluding hydrogens is 172 g/mol. The van der Waals surface area contributed by atoms with Crippen LogP contribution < -0.4 is 0 Å². The first-order valence-corrected chi connectivity index (χ1v) is 3.35. The largest absolute Gasteiger partial charge is 0.175 e. The van der Waals surface area contributed by atoms with Gasteiger partial charge in [-0.2, -0.15) is 12.6 Å². The molecule has 40 valence electrons. The molecule has 0 aliphatic rings. The number of halogens is 1. The lowest BCUT2D eigenvalue weighted by Gasteiger charge is -1.90. The van der Waals surface area contributed by atoms with E-state index in [0.29, 0.717) is 5.25 Å². The number of thiol groups is 1. The van der Waals surface area contributed by atoms with Crippen molar-refractivity contribution in [1.29, 1.82) is 0 Å². The van der Waals surface area contributed by atoms with Crippen LogP contribution in [0.3, 0.4) is 0 Å². The van der Waals surface area contributed by atoms with Gasteiger partial charge in [0.25, 0.3) is 0 Å². The molecule has 1 unspecified atom stereocenters. The van der Waals surface area contributed by atoms with Gasteiger partial charge in [0.15, 0.2) is 0 Å². The Morgan fingerprint density at radius 2 is 2.43 bits per heavy atom. The minimum Gasteiger partial charge on any atom is -0.175 e. The van der Waals surface area contributed by atoms with E-state index in [0.717, 1.165) is 6.42 Å². The number of hydrogen-bond donors (Lipinski definition) is 1. The maximum Gasteiger partial charge on any atom is 0.0212 e. The molecule has 0 saturated heterocycles. The predicted octanol–water partition coefficient (Wildman–Crippen LogP) is 2.05. The van der Waals surface area contributed by atoms with Crippen LogP contribution in [-0.4, -0.2) is 5.25 Å². The van der Waals surface area contributed by atoms with Crippen LogP contribution in [0.1, 0.15) is 13.3 Å². The van der Waals surface area contributed by atoms with Crippen molar-refractivity contribution in [3.8, 4) is 10.8 Å². The van der Waals surface area contributed by atoms with E-state index in [1.54, 1.807) is 0 Å². The topological polar surface area (TPSA) is 0 Å². The first-order chi connectivity index (χ1) is 3.27. The zero-order valence-electron chi connectivity index (χ0n) is 4.11. The Hall–Kier alpha value is 0.390. The van der Waals surface area contributed by atoms with Crippen LogP contribution in [0.4, 0.5) is 0 Å². The summed E-state index contributed by atoms with van der Waals surface area (Å²) in [5, 5.41) is 0.394. The lowest BCUT2D eigenvalue weighted by Crippen LogP contribution is -1.84. The average molecular weight is 179 g/mol. The van der Waals surface area contributed by atoms with E-state index in [1.165, 1.54) is 0 Å². The van der Waals surface area contributed by atoms with Crippen LogP contribution in [0.5, 0.6) is 0 Å². The summed E-state index contributed by atoms with van der Waals surface area (Å²) in [5.74, 6) is 2.84. The fraction of sp³-hybridized carbons (Fsp3) is 0.600. The van der Waals surface area contributed by atoms with Gasteiger partial charge in [-0.05, 0) is 4.83 Å². The summed E-state index contributed by atoms with van der Waals surface area (Å²) in [6.45, 7) is 2.01. The monoisotopic (exact) mass is 178 g/mol. The van der Waals surface area contributed by atoms with Gasteiger partial charge in [-0.15, -0.1) is 0 Å². The fourth-order valence-corrected chi connectivity index (χ4v) is 0.439. The molecule has 0 amide bonds. The van der Waals surface area contributed by atoms with Crippen molar-refractivity contribution in [1.82, 2.24) is 0 Å². The highest BCUT2D eigenvalue weighted by Crippen LogP contribution is 1.95. The van der Waals surface area contributed by atoms with Gasteiger partial charge in [-0.1, -0.05) is 12.8 Å². The van der Waals surface area contributed by atoms with Gasteiger partial charge in [0.1, 0.15) is 0 Å². The van der Waals surface area contributed by atoms with Gasteiger partial charge >= 0.3 is 0 Å². The van der Waals surface area contributed by atoms with Crippen LogP contribution >= 0.6 is 28.6 Å². The summed E-state index contributed by atoms with van der Waals surface area (Å²) in [5.41, 5.74) is 0. The standard InChI is InChI=1S/C5H7BrS/c1-5(7)3-2-4-6/h5,7H,3H2,1H3. The van der Waals surface area contributed by atoms with E-state index in [2.05, 4.69) is 39.3 Å². The Bertz CT molecular complexity index is 88.0. The van der Waals surface area contributed by atoms with Crippen LogP contribution in [-0.2, 0) is 0 Å². The molecule has 0 aliphatic carbocycles. The minimum atomic E-state index is 0.394. The van der Waals surface area contributed by atoms with Gasteiger partial charge in [-0.3, -0.25) is 0 Å². The first-order valence-electron chi connectivity index (χ1n) is 2.04. The van der Waals surface area contributed by atoms with Gasteiger partial charge < -0.3 is 0 Å². The van der Waals surface area contributed by atoms with E-state index >= 15 is 0 Å². The maximum atomic E-state index is 4.11. The van der Waals surface area contributed by atoms with Crippen LogP contribution in [0.25, 0.3) is 0 Å². The van der Waals surface area contributed by atoms with Crippen molar-refractivity contribution >= 4 is 28.6 Å². The van der Waals surface area contributed by atoms with Gasteiger partial charge in [0, 0.05) is 27.6 Å². The molecule has 2 heteroatoms. The Kier molecular flexibility index (Phi) is 4.80. The molecular formula is C5H7BrS. The summed E-state index contributed by atoms with van der Waals surface area (Å²) < 4.78 is 0. The Morgan fingerprint density at radius 3 is 2.57 bits per heavy atom. The van der Waals surface area contributed by atoms with Crippen molar-refractivity contribution < 1.29 is 0 Å². The van der Waals surface area contributed by atoms with Gasteiger partial charge in [0.05, 0.1) is 0 Å². The minimum absolute atomic E-state index is 0.394. The molecule has 0 aliphatic heterocycles. The van der Waals surface area contributed by atoms with E-state index in [9.17, 15) is 0 Å². The summed E-state index contributed by atoms with van der Waals surface area (Å²) >= 11 is 7.09. The maximum absolute atomic E-state index is 4.11. The van der Waals surface area contributed by atoms with Crippen LogP contribution in [0.2, 0.25) is 0 Å². The van der Waals surface area contributed by atoms with Gasteiger partial charge in [0.2, 0.25) is 0 Å². The fourth-order valence-electron chi connectivity index (χ4n) is 0.186. The highest BCUT2D eigenvalue weighted by atomic mass is 79.9. The summed E-state index contributed by atoms with van der Waals surface area (Å²) in [6.07, 6.45) is 0.856. The third-order valence-electron chi connectivity index (χ3n) is 0.464. The number of hydrogen-bond acceptors (Lipinski definition) is 1. The second-order valence-electron chi connectivity index (χ2n) is 1.32. The van der Waals surface area contributed by atoms with Crippen molar-refractivity contribution in [2.75, 3.05) is 0 Å².